The van der Waals surface area contributed by atoms with Crippen molar-refractivity contribution in [2.75, 3.05) is 6.67 Å². The molecule has 3 aromatic rings. The summed E-state index contributed by atoms with van der Waals surface area (Å²) in [5, 5.41) is 0. The molecule has 1 nitrogen and oxygen atoms in total. The predicted octanol–water partition coefficient (Wildman–Crippen LogP) is 8.66. The quantitative estimate of drug-likeness (QED) is 0.241. The van der Waals surface area contributed by atoms with E-state index in [-0.39, 0.29) is 16.6 Å². The lowest BCUT2D eigenvalue weighted by Gasteiger charge is -2.20. The summed E-state index contributed by atoms with van der Waals surface area (Å²) in [4.78, 5) is 3.15. The van der Waals surface area contributed by atoms with Crippen molar-refractivity contribution < 1.29 is 22.3 Å². The topological polar surface area (TPSA) is 9.23 Å². The van der Waals surface area contributed by atoms with Crippen LogP contribution in [0.3, 0.4) is 0 Å². The fraction of sp³-hybridized carbons (Fsp3) is 0.379. The third kappa shape index (κ3) is 6.81. The first kappa shape index (κ1) is 27.1. The molecule has 0 aliphatic carbocycles. The van der Waals surface area contributed by atoms with Gasteiger partial charge in [-0.25, -0.2) is 4.39 Å². The standard InChI is InChI=1S/C29H33F4OS/c1-27(2,3)20-7-13-23(14-8-20)35(24-15-9-21(10-16-24)28(4,5)6)25-17-11-22(12-18-25)34-26(19-30)29(31,32)33/h7-18,26H,19H2,1-6H3/q+1. The Kier molecular flexibility index (Phi) is 7.95. The molecule has 188 valence electrons. The molecule has 0 fully saturated rings. The van der Waals surface area contributed by atoms with Crippen LogP contribution in [-0.2, 0) is 21.7 Å². The summed E-state index contributed by atoms with van der Waals surface area (Å²) in [6, 6.07) is 23.5. The Morgan fingerprint density at radius 2 is 0.971 bits per heavy atom. The van der Waals surface area contributed by atoms with Crippen molar-refractivity contribution in [3.63, 3.8) is 0 Å². The van der Waals surface area contributed by atoms with E-state index in [4.69, 9.17) is 4.74 Å². The second kappa shape index (κ2) is 10.3. The maximum atomic E-state index is 12.9. The molecule has 35 heavy (non-hydrogen) atoms. The highest BCUT2D eigenvalue weighted by molar-refractivity contribution is 7.97. The van der Waals surface area contributed by atoms with Gasteiger partial charge in [0.1, 0.15) is 12.4 Å². The summed E-state index contributed by atoms with van der Waals surface area (Å²) in [6.07, 6.45) is -7.23. The van der Waals surface area contributed by atoms with Gasteiger partial charge in [0.2, 0.25) is 6.10 Å². The molecule has 3 rings (SSSR count). The Morgan fingerprint density at radius 1 is 0.629 bits per heavy atom. The van der Waals surface area contributed by atoms with Gasteiger partial charge in [-0.05, 0) is 70.5 Å². The van der Waals surface area contributed by atoms with Crippen LogP contribution in [0.25, 0.3) is 0 Å². The summed E-state index contributed by atoms with van der Waals surface area (Å²) < 4.78 is 56.5. The zero-order valence-corrected chi connectivity index (χ0v) is 21.9. The van der Waals surface area contributed by atoms with Gasteiger partial charge in [-0.2, -0.15) is 13.2 Å². The summed E-state index contributed by atoms with van der Waals surface area (Å²) in [6.45, 7) is 11.4. The van der Waals surface area contributed by atoms with Crippen LogP contribution < -0.4 is 4.74 Å². The Hall–Kier alpha value is -2.47. The van der Waals surface area contributed by atoms with Gasteiger partial charge < -0.3 is 4.74 Å². The van der Waals surface area contributed by atoms with E-state index in [1.807, 2.05) is 0 Å². The zero-order valence-electron chi connectivity index (χ0n) is 21.0. The number of halogens is 4. The Morgan fingerprint density at radius 3 is 1.26 bits per heavy atom. The predicted molar refractivity (Wildman–Crippen MR) is 135 cm³/mol. The highest BCUT2D eigenvalue weighted by atomic mass is 32.2. The molecule has 0 saturated carbocycles. The van der Waals surface area contributed by atoms with Gasteiger partial charge in [-0.15, -0.1) is 0 Å². The summed E-state index contributed by atoms with van der Waals surface area (Å²) >= 11 is 0. The van der Waals surface area contributed by atoms with Crippen molar-refractivity contribution in [1.82, 2.24) is 0 Å². The minimum Gasteiger partial charge on any atom is -0.478 e. The lowest BCUT2D eigenvalue weighted by Crippen LogP contribution is -2.36. The summed E-state index contributed by atoms with van der Waals surface area (Å²) in [5.41, 5.74) is 2.49. The van der Waals surface area contributed by atoms with Crippen molar-refractivity contribution in [1.29, 1.82) is 0 Å². The highest BCUT2D eigenvalue weighted by Gasteiger charge is 2.42. The largest absolute Gasteiger partial charge is 0.478 e. The molecule has 0 N–H and O–H groups in total. The van der Waals surface area contributed by atoms with Gasteiger partial charge >= 0.3 is 6.18 Å². The smallest absolute Gasteiger partial charge is 0.428 e. The van der Waals surface area contributed by atoms with E-state index < -0.39 is 29.8 Å². The Labute approximate surface area is 208 Å². The number of hydrogen-bond donors (Lipinski definition) is 0. The molecule has 1 unspecified atom stereocenters. The Balaban J connectivity index is 2.00. The van der Waals surface area contributed by atoms with Crippen LogP contribution in [0, 0.1) is 0 Å². The lowest BCUT2D eigenvalue weighted by molar-refractivity contribution is -0.198. The fourth-order valence-corrected chi connectivity index (χ4v) is 5.64. The summed E-state index contributed by atoms with van der Waals surface area (Å²) in [7, 11) is -0.476. The third-order valence-electron chi connectivity index (χ3n) is 5.76. The van der Waals surface area contributed by atoms with Gasteiger partial charge in [-0.3, -0.25) is 0 Å². The maximum Gasteiger partial charge on any atom is 0.428 e. The average Bonchev–Trinajstić information content (AvgIpc) is 2.77. The second-order valence-electron chi connectivity index (χ2n) is 10.6. The lowest BCUT2D eigenvalue weighted by atomic mass is 9.87. The number of ether oxygens (including phenoxy) is 1. The van der Waals surface area contributed by atoms with E-state index in [9.17, 15) is 17.6 Å². The molecular formula is C29H33F4OS+. The fourth-order valence-electron chi connectivity index (χ4n) is 3.59. The van der Waals surface area contributed by atoms with E-state index in [0.29, 0.717) is 0 Å². The molecule has 0 amide bonds. The molecule has 1 atom stereocenters. The normalized spacial score (nSPS) is 13.7. The van der Waals surface area contributed by atoms with E-state index in [1.165, 1.54) is 23.3 Å². The Bertz CT molecular complexity index is 1030. The number of hydrogen-bond acceptors (Lipinski definition) is 1. The molecule has 0 spiro atoms. The van der Waals surface area contributed by atoms with E-state index in [2.05, 4.69) is 90.1 Å². The van der Waals surface area contributed by atoms with Crippen molar-refractivity contribution in [3.8, 4) is 5.75 Å². The molecular weight excluding hydrogens is 472 g/mol. The molecule has 6 heteroatoms. The van der Waals surface area contributed by atoms with Crippen LogP contribution in [-0.4, -0.2) is 19.0 Å². The van der Waals surface area contributed by atoms with E-state index >= 15 is 0 Å². The van der Waals surface area contributed by atoms with Crippen molar-refractivity contribution in [2.24, 2.45) is 0 Å². The SMILES string of the molecule is CC(C)(C)c1ccc([S+](c2ccc(OC(CF)C(F)(F)F)cc2)c2ccc(C(C)(C)C)cc2)cc1. The average molecular weight is 506 g/mol. The van der Waals surface area contributed by atoms with Crippen molar-refractivity contribution in [3.05, 3.63) is 83.9 Å². The van der Waals surface area contributed by atoms with Crippen LogP contribution in [0.2, 0.25) is 0 Å². The van der Waals surface area contributed by atoms with E-state index in [0.717, 1.165) is 14.7 Å². The minimum absolute atomic E-state index is 0.0107. The monoisotopic (exact) mass is 505 g/mol. The molecule has 0 bridgehead atoms. The first-order valence-corrected chi connectivity index (χ1v) is 12.8. The van der Waals surface area contributed by atoms with Gasteiger partial charge in [0.05, 0.1) is 10.9 Å². The van der Waals surface area contributed by atoms with Crippen molar-refractivity contribution >= 4 is 10.9 Å². The first-order valence-electron chi connectivity index (χ1n) is 11.5. The van der Waals surface area contributed by atoms with Gasteiger partial charge in [0, 0.05) is 0 Å². The molecule has 0 heterocycles. The first-order chi connectivity index (χ1) is 16.2. The van der Waals surface area contributed by atoms with Crippen LogP contribution in [0.4, 0.5) is 17.6 Å². The third-order valence-corrected chi connectivity index (χ3v) is 7.99. The number of benzene rings is 3. The molecule has 0 radical (unpaired) electrons. The van der Waals surface area contributed by atoms with Crippen LogP contribution in [0.15, 0.2) is 87.5 Å². The molecule has 0 aliphatic rings. The molecule has 0 aliphatic heterocycles. The van der Waals surface area contributed by atoms with Crippen LogP contribution in [0.5, 0.6) is 5.75 Å². The van der Waals surface area contributed by atoms with Crippen LogP contribution >= 0.6 is 0 Å². The van der Waals surface area contributed by atoms with Gasteiger partial charge in [0.15, 0.2) is 14.7 Å². The minimum atomic E-state index is -4.76. The number of alkyl halides is 4. The second-order valence-corrected chi connectivity index (χ2v) is 12.7. The molecule has 3 aromatic carbocycles. The van der Waals surface area contributed by atoms with E-state index in [1.54, 1.807) is 12.1 Å². The highest BCUT2D eigenvalue weighted by Crippen LogP contribution is 2.35. The number of rotatable bonds is 6. The molecule has 0 saturated heterocycles. The molecule has 0 aromatic heterocycles. The van der Waals surface area contributed by atoms with Crippen molar-refractivity contribution in [2.45, 2.75) is 79.3 Å². The van der Waals surface area contributed by atoms with Gasteiger partial charge in [0.25, 0.3) is 0 Å². The zero-order chi connectivity index (χ0) is 26.0. The van der Waals surface area contributed by atoms with Gasteiger partial charge in [-0.1, -0.05) is 65.8 Å². The summed E-state index contributed by atoms with van der Waals surface area (Å²) in [5.74, 6) is -0.0107. The maximum absolute atomic E-state index is 12.9. The van der Waals surface area contributed by atoms with Crippen LogP contribution in [0.1, 0.15) is 52.7 Å².